The molecule has 2 amide bonds. The summed E-state index contributed by atoms with van der Waals surface area (Å²) in [4.78, 5) is 28.6. The fourth-order valence-electron chi connectivity index (χ4n) is 3.04. The Morgan fingerprint density at radius 3 is 2.29 bits per heavy atom. The monoisotopic (exact) mass is 299 g/mol. The first-order chi connectivity index (χ1) is 10.0. The number of aliphatic hydroxyl groups excluding tert-OH is 1. The summed E-state index contributed by atoms with van der Waals surface area (Å²) in [6.45, 7) is 5.47. The van der Waals surface area contributed by atoms with Crippen molar-refractivity contribution in [1.29, 1.82) is 0 Å². The molecule has 0 aromatic heterocycles. The highest BCUT2D eigenvalue weighted by Crippen LogP contribution is 2.17. The van der Waals surface area contributed by atoms with Crippen LogP contribution in [0.1, 0.15) is 19.8 Å². The van der Waals surface area contributed by atoms with E-state index in [1.807, 2.05) is 11.8 Å². The smallest absolute Gasteiger partial charge is 0.407 e. The molecule has 0 radical (unpaired) electrons. The van der Waals surface area contributed by atoms with Crippen LogP contribution in [0.25, 0.3) is 0 Å². The first kappa shape index (κ1) is 16.0. The lowest BCUT2D eigenvalue weighted by atomic mass is 9.98. The maximum Gasteiger partial charge on any atom is 0.407 e. The molecule has 0 aromatic rings. The number of piperidine rings is 1. The maximum atomic E-state index is 12.3. The van der Waals surface area contributed by atoms with Gasteiger partial charge in [-0.1, -0.05) is 0 Å². The average molecular weight is 299 g/mol. The van der Waals surface area contributed by atoms with Crippen molar-refractivity contribution in [3.8, 4) is 0 Å². The molecule has 2 rings (SSSR count). The Balaban J connectivity index is 1.79. The zero-order chi connectivity index (χ0) is 15.4. The second-order valence-electron chi connectivity index (χ2n) is 6.05. The summed E-state index contributed by atoms with van der Waals surface area (Å²) < 4.78 is 0. The summed E-state index contributed by atoms with van der Waals surface area (Å²) in [5, 5.41) is 18.1. The van der Waals surface area contributed by atoms with Gasteiger partial charge in [-0.25, -0.2) is 4.79 Å². The van der Waals surface area contributed by atoms with E-state index in [0.717, 1.165) is 12.8 Å². The van der Waals surface area contributed by atoms with Gasteiger partial charge in [-0.05, 0) is 25.7 Å². The Morgan fingerprint density at radius 1 is 1.10 bits per heavy atom. The third kappa shape index (κ3) is 4.07. The minimum Gasteiger partial charge on any atom is -0.465 e. The molecule has 120 valence electrons. The van der Waals surface area contributed by atoms with Gasteiger partial charge in [0.05, 0.1) is 6.54 Å². The van der Waals surface area contributed by atoms with Crippen molar-refractivity contribution >= 4 is 12.0 Å². The van der Waals surface area contributed by atoms with Crippen LogP contribution in [0.2, 0.25) is 0 Å². The number of carbonyl (C=O) groups is 2. The molecule has 2 fully saturated rings. The van der Waals surface area contributed by atoms with Gasteiger partial charge in [-0.15, -0.1) is 0 Å². The van der Waals surface area contributed by atoms with Crippen LogP contribution in [0.5, 0.6) is 0 Å². The zero-order valence-electron chi connectivity index (χ0n) is 12.6. The van der Waals surface area contributed by atoms with E-state index in [1.165, 1.54) is 4.90 Å². The molecule has 0 aromatic carbocycles. The van der Waals surface area contributed by atoms with E-state index in [0.29, 0.717) is 45.2 Å². The molecule has 0 saturated carbocycles. The summed E-state index contributed by atoms with van der Waals surface area (Å²) in [5.74, 6) is 0.439. The Labute approximate surface area is 125 Å². The number of hydrogen-bond donors (Lipinski definition) is 2. The van der Waals surface area contributed by atoms with Crippen LogP contribution in [0, 0.1) is 5.92 Å². The summed E-state index contributed by atoms with van der Waals surface area (Å²) in [6, 6.07) is 0.0637. The molecule has 0 bridgehead atoms. The SMILES string of the molecule is C[C@H]1CN(C(=O)O)CCN1CC(=O)N1CCC(CO)CC1. The average Bonchev–Trinajstić information content (AvgIpc) is 2.49. The molecule has 2 saturated heterocycles. The number of rotatable bonds is 3. The highest BCUT2D eigenvalue weighted by molar-refractivity contribution is 5.78. The number of nitrogens with zero attached hydrogens (tertiary/aromatic N) is 3. The van der Waals surface area contributed by atoms with Crippen molar-refractivity contribution in [1.82, 2.24) is 14.7 Å². The molecule has 21 heavy (non-hydrogen) atoms. The fraction of sp³-hybridized carbons (Fsp3) is 0.857. The molecule has 2 aliphatic rings. The molecule has 1 atom stereocenters. The lowest BCUT2D eigenvalue weighted by molar-refractivity contribution is -0.135. The van der Waals surface area contributed by atoms with Gasteiger partial charge in [0.25, 0.3) is 0 Å². The molecule has 0 spiro atoms. The second-order valence-corrected chi connectivity index (χ2v) is 6.05. The molecule has 2 aliphatic heterocycles. The van der Waals surface area contributed by atoms with Gasteiger partial charge in [-0.2, -0.15) is 0 Å². The molecule has 0 unspecified atom stereocenters. The first-order valence-corrected chi connectivity index (χ1v) is 7.61. The van der Waals surface area contributed by atoms with Crippen molar-refractivity contribution in [3.63, 3.8) is 0 Å². The number of hydrogen-bond acceptors (Lipinski definition) is 4. The van der Waals surface area contributed by atoms with E-state index in [2.05, 4.69) is 4.90 Å². The molecule has 2 heterocycles. The number of piperazine rings is 1. The van der Waals surface area contributed by atoms with Gasteiger partial charge in [0.15, 0.2) is 0 Å². The number of carboxylic acid groups (broad SMARTS) is 1. The van der Waals surface area contributed by atoms with Gasteiger partial charge in [-0.3, -0.25) is 9.69 Å². The maximum absolute atomic E-state index is 12.3. The van der Waals surface area contributed by atoms with E-state index in [4.69, 9.17) is 10.2 Å². The van der Waals surface area contributed by atoms with Crippen LogP contribution in [0.4, 0.5) is 4.79 Å². The Hall–Kier alpha value is -1.34. The fourth-order valence-corrected chi connectivity index (χ4v) is 3.04. The molecular formula is C14H25N3O4. The third-order valence-corrected chi connectivity index (χ3v) is 4.60. The van der Waals surface area contributed by atoms with E-state index < -0.39 is 6.09 Å². The Bertz CT molecular complexity index is 382. The number of aliphatic hydroxyl groups is 1. The van der Waals surface area contributed by atoms with Crippen LogP contribution in [-0.2, 0) is 4.79 Å². The van der Waals surface area contributed by atoms with Crippen molar-refractivity contribution in [2.45, 2.75) is 25.8 Å². The highest BCUT2D eigenvalue weighted by Gasteiger charge is 2.29. The quantitative estimate of drug-likeness (QED) is 0.760. The summed E-state index contributed by atoms with van der Waals surface area (Å²) in [7, 11) is 0. The van der Waals surface area contributed by atoms with Crippen LogP contribution in [0.3, 0.4) is 0 Å². The molecule has 7 nitrogen and oxygen atoms in total. The Morgan fingerprint density at radius 2 is 1.76 bits per heavy atom. The highest BCUT2D eigenvalue weighted by atomic mass is 16.4. The van der Waals surface area contributed by atoms with Crippen LogP contribution >= 0.6 is 0 Å². The van der Waals surface area contributed by atoms with Gasteiger partial charge in [0.1, 0.15) is 0 Å². The van der Waals surface area contributed by atoms with Gasteiger partial charge in [0, 0.05) is 45.4 Å². The van der Waals surface area contributed by atoms with Gasteiger partial charge in [0.2, 0.25) is 5.91 Å². The van der Waals surface area contributed by atoms with Gasteiger partial charge >= 0.3 is 6.09 Å². The first-order valence-electron chi connectivity index (χ1n) is 7.61. The number of carbonyl (C=O) groups excluding carboxylic acids is 1. The molecule has 7 heteroatoms. The van der Waals surface area contributed by atoms with Crippen LogP contribution < -0.4 is 0 Å². The predicted molar refractivity (Wildman–Crippen MR) is 77.0 cm³/mol. The molecule has 2 N–H and O–H groups in total. The normalized spacial score (nSPS) is 25.1. The minimum absolute atomic E-state index is 0.0637. The van der Waals surface area contributed by atoms with Crippen molar-refractivity contribution < 1.29 is 19.8 Å². The Kier molecular flexibility index (Phi) is 5.41. The van der Waals surface area contributed by atoms with E-state index in [1.54, 1.807) is 0 Å². The largest absolute Gasteiger partial charge is 0.465 e. The van der Waals surface area contributed by atoms with Crippen molar-refractivity contribution in [2.24, 2.45) is 5.92 Å². The molecule has 0 aliphatic carbocycles. The van der Waals surface area contributed by atoms with Crippen LogP contribution in [-0.4, -0.2) is 88.8 Å². The standard InChI is InChI=1S/C14H25N3O4/c1-11-8-17(14(20)21)7-6-16(11)9-13(19)15-4-2-12(10-18)3-5-15/h11-12,18H,2-10H2,1H3,(H,20,21)/t11-/m0/s1. The topological polar surface area (TPSA) is 84.3 Å². The number of amides is 2. The summed E-state index contributed by atoms with van der Waals surface area (Å²) >= 11 is 0. The number of likely N-dealkylation sites (tertiary alicyclic amines) is 1. The third-order valence-electron chi connectivity index (χ3n) is 4.60. The van der Waals surface area contributed by atoms with E-state index in [9.17, 15) is 9.59 Å². The van der Waals surface area contributed by atoms with Crippen molar-refractivity contribution in [2.75, 3.05) is 45.9 Å². The van der Waals surface area contributed by atoms with E-state index >= 15 is 0 Å². The van der Waals surface area contributed by atoms with Crippen molar-refractivity contribution in [3.05, 3.63) is 0 Å². The lowest BCUT2D eigenvalue weighted by Gasteiger charge is -2.39. The minimum atomic E-state index is -0.890. The second kappa shape index (κ2) is 7.09. The van der Waals surface area contributed by atoms with Gasteiger partial charge < -0.3 is 20.0 Å². The molecular weight excluding hydrogens is 274 g/mol. The zero-order valence-corrected chi connectivity index (χ0v) is 12.6. The van der Waals surface area contributed by atoms with Crippen LogP contribution in [0.15, 0.2) is 0 Å². The summed E-state index contributed by atoms with van der Waals surface area (Å²) in [6.07, 6.45) is 0.841. The summed E-state index contributed by atoms with van der Waals surface area (Å²) in [5.41, 5.74) is 0. The predicted octanol–water partition coefficient (Wildman–Crippen LogP) is -0.0986. The lowest BCUT2D eigenvalue weighted by Crippen LogP contribution is -2.56. The van der Waals surface area contributed by atoms with E-state index in [-0.39, 0.29) is 18.6 Å².